The summed E-state index contributed by atoms with van der Waals surface area (Å²) in [6, 6.07) is 1.55. The van der Waals surface area contributed by atoms with Gasteiger partial charge in [0.15, 0.2) is 0 Å². The molecule has 5 heteroatoms. The molecule has 0 aromatic carbocycles. The fraction of sp³-hybridized carbons (Fsp3) is 0.286. The zero-order chi connectivity index (χ0) is 9.14. The maximum Gasteiger partial charge on any atom is 0.130 e. The first-order chi connectivity index (χ1) is 5.59. The van der Waals surface area contributed by atoms with Crippen LogP contribution in [0.2, 0.25) is 10.2 Å². The van der Waals surface area contributed by atoms with Crippen LogP contribution < -0.4 is 0 Å². The molecule has 0 fully saturated rings. The van der Waals surface area contributed by atoms with E-state index in [1.807, 2.05) is 0 Å². The van der Waals surface area contributed by atoms with Crippen molar-refractivity contribution in [2.24, 2.45) is 0 Å². The number of halogens is 2. The molecule has 1 unspecified atom stereocenters. The van der Waals surface area contributed by atoms with E-state index < -0.39 is 10.8 Å². The van der Waals surface area contributed by atoms with Crippen LogP contribution in [0.4, 0.5) is 0 Å². The van der Waals surface area contributed by atoms with Crippen LogP contribution in [-0.4, -0.2) is 15.4 Å². The number of nitrogens with zero attached hydrogens (tertiary/aromatic N) is 1. The van der Waals surface area contributed by atoms with E-state index in [1.165, 1.54) is 0 Å². The lowest BCUT2D eigenvalue weighted by Crippen LogP contribution is -1.94. The third-order valence-electron chi connectivity index (χ3n) is 1.26. The molecule has 1 aromatic heterocycles. The Kier molecular flexibility index (Phi) is 3.50. The number of hydrogen-bond donors (Lipinski definition) is 0. The van der Waals surface area contributed by atoms with Gasteiger partial charge in [0.25, 0.3) is 0 Å². The Hall–Kier alpha value is -0.120. The van der Waals surface area contributed by atoms with E-state index in [1.54, 1.807) is 18.5 Å². The minimum atomic E-state index is -0.901. The molecule has 1 aromatic rings. The summed E-state index contributed by atoms with van der Waals surface area (Å²) in [4.78, 5) is 3.84. The number of pyridine rings is 1. The van der Waals surface area contributed by atoms with Crippen molar-refractivity contribution < 1.29 is 4.21 Å². The summed E-state index contributed by atoms with van der Waals surface area (Å²) in [7, 11) is -0.901. The Bertz CT molecular complexity index is 316. The van der Waals surface area contributed by atoms with Crippen molar-refractivity contribution >= 4 is 34.0 Å². The van der Waals surface area contributed by atoms with E-state index in [-0.39, 0.29) is 0 Å². The Labute approximate surface area is 83.4 Å². The molecule has 0 radical (unpaired) electrons. The molecule has 66 valence electrons. The molecule has 12 heavy (non-hydrogen) atoms. The van der Waals surface area contributed by atoms with Crippen LogP contribution in [0.5, 0.6) is 0 Å². The predicted octanol–water partition coefficient (Wildman–Crippen LogP) is 2.27. The minimum Gasteiger partial charge on any atom is -0.260 e. The van der Waals surface area contributed by atoms with Gasteiger partial charge in [-0.1, -0.05) is 23.2 Å². The van der Waals surface area contributed by atoms with Crippen LogP contribution in [0.15, 0.2) is 12.3 Å². The normalized spacial score (nSPS) is 12.9. The van der Waals surface area contributed by atoms with E-state index in [4.69, 9.17) is 23.2 Å². The van der Waals surface area contributed by atoms with E-state index in [0.717, 1.165) is 5.56 Å². The van der Waals surface area contributed by atoms with E-state index in [9.17, 15) is 4.21 Å². The summed E-state index contributed by atoms with van der Waals surface area (Å²) < 4.78 is 10.8. The molecule has 1 rings (SSSR count). The molecule has 0 N–H and O–H groups in total. The molecule has 1 heterocycles. The van der Waals surface area contributed by atoms with Crippen molar-refractivity contribution in [1.29, 1.82) is 0 Å². The number of hydrogen-bond acceptors (Lipinski definition) is 2. The van der Waals surface area contributed by atoms with E-state index in [2.05, 4.69) is 4.98 Å². The summed E-state index contributed by atoms with van der Waals surface area (Å²) in [6.45, 7) is 0. The SMILES string of the molecule is CS(=O)Cc1cnc(Cl)cc1Cl. The van der Waals surface area contributed by atoms with Crippen LogP contribution in [0.25, 0.3) is 0 Å². The predicted molar refractivity (Wildman–Crippen MR) is 52.0 cm³/mol. The lowest BCUT2D eigenvalue weighted by Gasteiger charge is -2.00. The van der Waals surface area contributed by atoms with Crippen LogP contribution in [0.1, 0.15) is 5.56 Å². The van der Waals surface area contributed by atoms with E-state index in [0.29, 0.717) is 15.9 Å². The molecule has 2 nitrogen and oxygen atoms in total. The average molecular weight is 224 g/mol. The molecule has 0 aliphatic rings. The van der Waals surface area contributed by atoms with Gasteiger partial charge in [-0.3, -0.25) is 4.21 Å². The fourth-order valence-electron chi connectivity index (χ4n) is 0.761. The van der Waals surface area contributed by atoms with Gasteiger partial charge in [-0.25, -0.2) is 4.98 Å². The quantitative estimate of drug-likeness (QED) is 0.721. The van der Waals surface area contributed by atoms with Gasteiger partial charge in [0.05, 0.1) is 5.75 Å². The second kappa shape index (κ2) is 4.21. The zero-order valence-electron chi connectivity index (χ0n) is 6.38. The largest absolute Gasteiger partial charge is 0.260 e. The first-order valence-electron chi connectivity index (χ1n) is 3.19. The van der Waals surface area contributed by atoms with Gasteiger partial charge in [0.1, 0.15) is 5.15 Å². The molecule has 0 spiro atoms. The van der Waals surface area contributed by atoms with Gasteiger partial charge in [-0.15, -0.1) is 0 Å². The first-order valence-corrected chi connectivity index (χ1v) is 5.68. The van der Waals surface area contributed by atoms with Gasteiger partial charge < -0.3 is 0 Å². The number of aromatic nitrogens is 1. The molecular formula is C7H7Cl2NOS. The summed E-state index contributed by atoms with van der Waals surface area (Å²) in [6.07, 6.45) is 3.16. The van der Waals surface area contributed by atoms with Gasteiger partial charge in [-0.2, -0.15) is 0 Å². The summed E-state index contributed by atoms with van der Waals surface area (Å²) in [5.74, 6) is 0.420. The standard InChI is InChI=1S/C7H7Cl2NOS/c1-12(11)4-5-3-10-7(9)2-6(5)8/h2-3H,4H2,1H3. The van der Waals surface area contributed by atoms with E-state index >= 15 is 0 Å². The van der Waals surface area contributed by atoms with Crippen LogP contribution in [0, 0.1) is 0 Å². The van der Waals surface area contributed by atoms with Gasteiger partial charge >= 0.3 is 0 Å². The highest BCUT2D eigenvalue weighted by molar-refractivity contribution is 7.83. The van der Waals surface area contributed by atoms with Crippen molar-refractivity contribution in [2.75, 3.05) is 6.26 Å². The maximum absolute atomic E-state index is 10.8. The van der Waals surface area contributed by atoms with Gasteiger partial charge in [0, 0.05) is 33.8 Å². The first kappa shape index (κ1) is 9.96. The smallest absolute Gasteiger partial charge is 0.130 e. The molecule has 0 amide bonds. The average Bonchev–Trinajstić information content (AvgIpc) is 1.94. The minimum absolute atomic E-state index is 0.352. The Morgan fingerprint density at radius 3 is 2.75 bits per heavy atom. The monoisotopic (exact) mass is 223 g/mol. The van der Waals surface area contributed by atoms with Crippen LogP contribution in [-0.2, 0) is 16.6 Å². The summed E-state index contributed by atoms with van der Waals surface area (Å²) in [5, 5.41) is 0.871. The van der Waals surface area contributed by atoms with Crippen molar-refractivity contribution in [3.05, 3.63) is 28.0 Å². The van der Waals surface area contributed by atoms with Gasteiger partial charge in [0.2, 0.25) is 0 Å². The lowest BCUT2D eigenvalue weighted by atomic mass is 10.3. The molecule has 0 bridgehead atoms. The highest BCUT2D eigenvalue weighted by Gasteiger charge is 2.03. The Morgan fingerprint density at radius 2 is 2.25 bits per heavy atom. The lowest BCUT2D eigenvalue weighted by molar-refractivity contribution is 0.686. The van der Waals surface area contributed by atoms with Crippen LogP contribution in [0.3, 0.4) is 0 Å². The van der Waals surface area contributed by atoms with Crippen LogP contribution >= 0.6 is 23.2 Å². The fourth-order valence-corrected chi connectivity index (χ4v) is 1.94. The molecular weight excluding hydrogens is 217 g/mol. The second-order valence-corrected chi connectivity index (χ2v) is 4.55. The van der Waals surface area contributed by atoms with Gasteiger partial charge in [-0.05, 0) is 6.07 Å². The summed E-state index contributed by atoms with van der Waals surface area (Å²) >= 11 is 11.4. The van der Waals surface area contributed by atoms with Crippen molar-refractivity contribution in [2.45, 2.75) is 5.75 Å². The highest BCUT2D eigenvalue weighted by Crippen LogP contribution is 2.19. The molecule has 0 saturated carbocycles. The zero-order valence-corrected chi connectivity index (χ0v) is 8.71. The Morgan fingerprint density at radius 1 is 1.58 bits per heavy atom. The molecule has 1 atom stereocenters. The van der Waals surface area contributed by atoms with Crippen molar-refractivity contribution in [3.63, 3.8) is 0 Å². The summed E-state index contributed by atoms with van der Waals surface area (Å²) in [5.41, 5.74) is 0.766. The van der Waals surface area contributed by atoms with Crippen molar-refractivity contribution in [3.8, 4) is 0 Å². The number of rotatable bonds is 2. The molecule has 0 aliphatic carbocycles. The third kappa shape index (κ3) is 2.73. The third-order valence-corrected chi connectivity index (χ3v) is 2.53. The maximum atomic E-state index is 10.8. The highest BCUT2D eigenvalue weighted by atomic mass is 35.5. The molecule has 0 saturated heterocycles. The van der Waals surface area contributed by atoms with Crippen molar-refractivity contribution in [1.82, 2.24) is 4.98 Å². The Balaban J connectivity index is 2.93. The topological polar surface area (TPSA) is 30.0 Å². The second-order valence-electron chi connectivity index (χ2n) is 2.32. The molecule has 0 aliphatic heterocycles.